The van der Waals surface area contributed by atoms with Crippen molar-refractivity contribution >= 4 is 33.3 Å². The Morgan fingerprint density at radius 1 is 1.12 bits per heavy atom. The summed E-state index contributed by atoms with van der Waals surface area (Å²) in [5.74, 6) is -0.0478. The van der Waals surface area contributed by atoms with E-state index in [4.69, 9.17) is 11.6 Å². The number of piperidine rings is 1. The summed E-state index contributed by atoms with van der Waals surface area (Å²) in [6.07, 6.45) is 4.24. The van der Waals surface area contributed by atoms with Crippen LogP contribution in [0.5, 0.6) is 0 Å². The lowest BCUT2D eigenvalue weighted by Crippen LogP contribution is -2.35. The highest BCUT2D eigenvalue weighted by atomic mass is 35.5. The predicted molar refractivity (Wildman–Crippen MR) is 96.3 cm³/mol. The minimum Gasteiger partial charge on any atom is -0.307 e. The fourth-order valence-electron chi connectivity index (χ4n) is 2.71. The minimum absolute atomic E-state index is 0.0373. The van der Waals surface area contributed by atoms with Crippen molar-refractivity contribution in [2.24, 2.45) is 0 Å². The van der Waals surface area contributed by atoms with Gasteiger partial charge in [-0.05, 0) is 43.2 Å². The first-order valence-corrected chi connectivity index (χ1v) is 9.82. The molecule has 1 aromatic carbocycles. The number of pyridine rings is 1. The second-order valence-corrected chi connectivity index (χ2v) is 8.09. The zero-order valence-electron chi connectivity index (χ0n) is 13.5. The normalized spacial score (nSPS) is 15.7. The number of nitrogens with one attached hydrogen (secondary N) is 1. The highest BCUT2D eigenvalue weighted by molar-refractivity contribution is 7.89. The van der Waals surface area contributed by atoms with Gasteiger partial charge in [0, 0.05) is 24.8 Å². The molecule has 132 valence electrons. The summed E-state index contributed by atoms with van der Waals surface area (Å²) >= 11 is 6.11. The van der Waals surface area contributed by atoms with Crippen LogP contribution in [0.2, 0.25) is 5.02 Å². The van der Waals surface area contributed by atoms with Crippen LogP contribution in [0.1, 0.15) is 29.6 Å². The molecular formula is C17H18ClN3O3S. The maximum absolute atomic E-state index is 12.8. The molecule has 0 saturated carbocycles. The van der Waals surface area contributed by atoms with Crippen molar-refractivity contribution in [3.05, 3.63) is 53.2 Å². The highest BCUT2D eigenvalue weighted by Gasteiger charge is 2.28. The fourth-order valence-corrected chi connectivity index (χ4v) is 4.73. The molecule has 6 nitrogen and oxygen atoms in total. The van der Waals surface area contributed by atoms with Crippen LogP contribution in [-0.2, 0) is 10.0 Å². The zero-order chi connectivity index (χ0) is 17.9. The van der Waals surface area contributed by atoms with E-state index in [2.05, 4.69) is 10.3 Å². The molecule has 2 heterocycles. The number of nitrogens with zero attached hydrogens (tertiary/aromatic N) is 2. The molecule has 1 N–H and O–H groups in total. The number of halogens is 1. The van der Waals surface area contributed by atoms with Crippen molar-refractivity contribution in [3.63, 3.8) is 0 Å². The predicted octanol–water partition coefficient (Wildman–Crippen LogP) is 3.16. The molecule has 1 aliphatic heterocycles. The van der Waals surface area contributed by atoms with Gasteiger partial charge in [-0.25, -0.2) is 13.4 Å². The third-order valence-corrected chi connectivity index (χ3v) is 6.41. The van der Waals surface area contributed by atoms with E-state index in [-0.39, 0.29) is 15.5 Å². The van der Waals surface area contributed by atoms with Crippen LogP contribution in [-0.4, -0.2) is 36.7 Å². The van der Waals surface area contributed by atoms with E-state index in [1.54, 1.807) is 24.4 Å². The molecule has 0 aliphatic carbocycles. The number of anilines is 1. The van der Waals surface area contributed by atoms with Crippen LogP contribution >= 0.6 is 11.6 Å². The monoisotopic (exact) mass is 379 g/mol. The summed E-state index contributed by atoms with van der Waals surface area (Å²) in [5.41, 5.74) is 0.214. The lowest BCUT2D eigenvalue weighted by atomic mass is 10.2. The average molecular weight is 380 g/mol. The Hall–Kier alpha value is -1.96. The maximum atomic E-state index is 12.8. The largest absolute Gasteiger partial charge is 0.307 e. The molecule has 8 heteroatoms. The van der Waals surface area contributed by atoms with Crippen LogP contribution in [0.4, 0.5) is 5.82 Å². The number of sulfonamides is 1. The summed E-state index contributed by atoms with van der Waals surface area (Å²) < 4.78 is 27.1. The van der Waals surface area contributed by atoms with Gasteiger partial charge in [-0.3, -0.25) is 4.79 Å². The number of carbonyl (C=O) groups excluding carboxylic acids is 1. The van der Waals surface area contributed by atoms with E-state index in [1.165, 1.54) is 22.5 Å². The van der Waals surface area contributed by atoms with E-state index < -0.39 is 15.9 Å². The second kappa shape index (κ2) is 7.51. The third kappa shape index (κ3) is 4.00. The molecule has 0 radical (unpaired) electrons. The van der Waals surface area contributed by atoms with Crippen molar-refractivity contribution in [1.82, 2.24) is 9.29 Å². The van der Waals surface area contributed by atoms with Crippen molar-refractivity contribution in [2.45, 2.75) is 24.2 Å². The van der Waals surface area contributed by atoms with Crippen molar-refractivity contribution in [3.8, 4) is 0 Å². The van der Waals surface area contributed by atoms with E-state index in [1.807, 2.05) is 0 Å². The van der Waals surface area contributed by atoms with Crippen LogP contribution in [0, 0.1) is 0 Å². The van der Waals surface area contributed by atoms with Gasteiger partial charge in [0.05, 0.1) is 5.02 Å². The Morgan fingerprint density at radius 2 is 1.88 bits per heavy atom. The number of rotatable bonds is 4. The third-order valence-electron chi connectivity index (χ3n) is 4.03. The van der Waals surface area contributed by atoms with Gasteiger partial charge in [0.1, 0.15) is 10.7 Å². The van der Waals surface area contributed by atoms with E-state index in [0.29, 0.717) is 18.9 Å². The van der Waals surface area contributed by atoms with Gasteiger partial charge >= 0.3 is 0 Å². The number of carbonyl (C=O) groups is 1. The Morgan fingerprint density at radius 3 is 2.56 bits per heavy atom. The van der Waals surface area contributed by atoms with Gasteiger partial charge in [0.25, 0.3) is 5.91 Å². The molecule has 1 aromatic heterocycles. The number of amides is 1. The van der Waals surface area contributed by atoms with Crippen LogP contribution in [0.15, 0.2) is 47.5 Å². The topological polar surface area (TPSA) is 79.4 Å². The van der Waals surface area contributed by atoms with Crippen molar-refractivity contribution < 1.29 is 13.2 Å². The quantitative estimate of drug-likeness (QED) is 0.884. The van der Waals surface area contributed by atoms with E-state index in [0.717, 1.165) is 19.3 Å². The molecule has 25 heavy (non-hydrogen) atoms. The van der Waals surface area contributed by atoms with Crippen LogP contribution in [0.25, 0.3) is 0 Å². The van der Waals surface area contributed by atoms with E-state index in [9.17, 15) is 13.2 Å². The van der Waals surface area contributed by atoms with Gasteiger partial charge in [-0.15, -0.1) is 0 Å². The molecule has 0 spiro atoms. The lowest BCUT2D eigenvalue weighted by molar-refractivity contribution is 0.102. The SMILES string of the molecule is O=C(Nc1ccccn1)c1ccc(Cl)c(S(=O)(=O)N2CCCCC2)c1. The summed E-state index contributed by atoms with van der Waals surface area (Å²) in [4.78, 5) is 16.4. The van der Waals surface area contributed by atoms with Gasteiger partial charge in [-0.1, -0.05) is 24.1 Å². The molecule has 1 fully saturated rings. The van der Waals surface area contributed by atoms with Crippen molar-refractivity contribution in [2.75, 3.05) is 18.4 Å². The van der Waals surface area contributed by atoms with Gasteiger partial charge in [0.15, 0.2) is 0 Å². The van der Waals surface area contributed by atoms with Gasteiger partial charge in [0.2, 0.25) is 10.0 Å². The Kier molecular flexibility index (Phi) is 5.36. The molecule has 1 amide bonds. The number of hydrogen-bond donors (Lipinski definition) is 1. The molecular weight excluding hydrogens is 362 g/mol. The molecule has 2 aromatic rings. The van der Waals surface area contributed by atoms with Crippen LogP contribution in [0.3, 0.4) is 0 Å². The Bertz CT molecular complexity index is 866. The molecule has 0 unspecified atom stereocenters. The molecule has 3 rings (SSSR count). The van der Waals surface area contributed by atoms with Gasteiger partial charge < -0.3 is 5.32 Å². The number of hydrogen-bond acceptors (Lipinski definition) is 4. The smallest absolute Gasteiger partial charge is 0.256 e. The highest BCUT2D eigenvalue weighted by Crippen LogP contribution is 2.28. The first-order valence-electron chi connectivity index (χ1n) is 8.00. The summed E-state index contributed by atoms with van der Waals surface area (Å²) in [6.45, 7) is 0.950. The Balaban J connectivity index is 1.88. The number of aromatic nitrogens is 1. The standard InChI is InChI=1S/C17H18ClN3O3S/c18-14-8-7-13(17(22)20-16-6-2-3-9-19-16)12-15(14)25(23,24)21-10-4-1-5-11-21/h2-3,6-9,12H,1,4-5,10-11H2,(H,19,20,22). The maximum Gasteiger partial charge on any atom is 0.256 e. The summed E-state index contributed by atoms with van der Waals surface area (Å²) in [7, 11) is -3.72. The number of benzene rings is 1. The Labute approximate surface area is 151 Å². The van der Waals surface area contributed by atoms with Crippen molar-refractivity contribution in [1.29, 1.82) is 0 Å². The zero-order valence-corrected chi connectivity index (χ0v) is 15.1. The molecule has 0 atom stereocenters. The molecule has 1 aliphatic rings. The fraction of sp³-hybridized carbons (Fsp3) is 0.294. The van der Waals surface area contributed by atoms with E-state index >= 15 is 0 Å². The lowest BCUT2D eigenvalue weighted by Gasteiger charge is -2.26. The summed E-state index contributed by atoms with van der Waals surface area (Å²) in [6, 6.07) is 9.39. The summed E-state index contributed by atoms with van der Waals surface area (Å²) in [5, 5.41) is 2.75. The first-order chi connectivity index (χ1) is 12.0. The van der Waals surface area contributed by atoms with Gasteiger partial charge in [-0.2, -0.15) is 4.31 Å². The van der Waals surface area contributed by atoms with Crippen LogP contribution < -0.4 is 5.32 Å². The molecule has 0 bridgehead atoms. The first kappa shape index (κ1) is 17.8. The molecule has 1 saturated heterocycles. The average Bonchev–Trinajstić information content (AvgIpc) is 2.63. The minimum atomic E-state index is -3.72. The second-order valence-electron chi connectivity index (χ2n) is 5.78.